The van der Waals surface area contributed by atoms with Crippen molar-refractivity contribution in [3.8, 4) is 6.19 Å². The minimum Gasteiger partial charge on any atom is -0.369 e. The molecule has 228 valence electrons. The molecule has 17 heteroatoms. The van der Waals surface area contributed by atoms with Crippen molar-refractivity contribution >= 4 is 27.7 Å². The summed E-state index contributed by atoms with van der Waals surface area (Å²) in [6.07, 6.45) is 0.609. The summed E-state index contributed by atoms with van der Waals surface area (Å²) >= 11 is 0. The third-order valence-electron chi connectivity index (χ3n) is 7.49. The number of hydrogen-bond acceptors (Lipinski definition) is 6. The highest BCUT2D eigenvalue weighted by molar-refractivity contribution is 8.45. The van der Waals surface area contributed by atoms with Gasteiger partial charge < -0.3 is 10.1 Å². The summed E-state index contributed by atoms with van der Waals surface area (Å²) in [5, 5.41) is 12.2. The molecule has 1 aliphatic carbocycles. The molecule has 1 aromatic carbocycles. The van der Waals surface area contributed by atoms with Gasteiger partial charge in [-0.3, -0.25) is 24.4 Å². The highest BCUT2D eigenvalue weighted by Gasteiger charge is 2.66. The number of fused-ring (bicyclic) bond motifs is 3. The van der Waals surface area contributed by atoms with Gasteiger partial charge in [-0.05, 0) is 37.1 Å². The van der Waals surface area contributed by atoms with E-state index >= 15 is 0 Å². The zero-order valence-corrected chi connectivity index (χ0v) is 22.3. The number of alkyl halides is 2. The Morgan fingerprint density at radius 3 is 2.45 bits per heavy atom. The quantitative estimate of drug-likeness (QED) is 0.329. The van der Waals surface area contributed by atoms with Gasteiger partial charge in [0.2, 0.25) is 11.8 Å². The predicted octanol–water partition coefficient (Wildman–Crippen LogP) is 5.88. The molecule has 1 aromatic heterocycles. The van der Waals surface area contributed by atoms with E-state index in [1.54, 1.807) is 6.19 Å². The zero-order valence-electron chi connectivity index (χ0n) is 21.5. The molecule has 8 nitrogen and oxygen atoms in total. The molecule has 0 radical (unpaired) electrons. The highest BCUT2D eigenvalue weighted by Crippen LogP contribution is 3.02. The molecule has 3 atom stereocenters. The van der Waals surface area contributed by atoms with E-state index in [1.807, 2.05) is 0 Å². The topological polar surface area (TPSA) is 98.6 Å². The first kappa shape index (κ1) is 29.8. The van der Waals surface area contributed by atoms with Gasteiger partial charge in [-0.1, -0.05) is 19.4 Å². The first-order chi connectivity index (χ1) is 19.4. The number of carbonyl (C=O) groups excluding carboxylic acids is 2. The Morgan fingerprint density at radius 1 is 1.14 bits per heavy atom. The summed E-state index contributed by atoms with van der Waals surface area (Å²) in [5.74, 6) is -5.91. The van der Waals surface area contributed by atoms with Crippen LogP contribution in [0.1, 0.15) is 49.0 Å². The number of morpholine rings is 1. The minimum absolute atomic E-state index is 0.0634. The number of nitriles is 1. The van der Waals surface area contributed by atoms with E-state index in [-0.39, 0.29) is 43.7 Å². The van der Waals surface area contributed by atoms with Crippen LogP contribution in [0, 0.1) is 17.3 Å². The fraction of sp³-hybridized carbons (Fsp3) is 0.440. The molecule has 1 saturated heterocycles. The molecule has 2 aliphatic heterocycles. The lowest BCUT2D eigenvalue weighted by Gasteiger charge is -2.48. The summed E-state index contributed by atoms with van der Waals surface area (Å²) < 4.78 is 116. The van der Waals surface area contributed by atoms with Gasteiger partial charge in [0, 0.05) is 36.2 Å². The summed E-state index contributed by atoms with van der Waals surface area (Å²) in [5.41, 5.74) is -1.22. The van der Waals surface area contributed by atoms with Crippen molar-refractivity contribution in [3.05, 3.63) is 53.6 Å². The van der Waals surface area contributed by atoms with E-state index in [2.05, 4.69) is 10.3 Å². The number of rotatable bonds is 5. The molecular weight excluding hydrogens is 602 g/mol. The highest BCUT2D eigenvalue weighted by atomic mass is 32.5. The van der Waals surface area contributed by atoms with Gasteiger partial charge in [0.15, 0.2) is 6.19 Å². The summed E-state index contributed by atoms with van der Waals surface area (Å²) in [6.45, 7) is -0.408. The number of amides is 2. The second-order valence-corrected chi connectivity index (χ2v) is 12.8. The number of halogens is 8. The monoisotopic (exact) mass is 625 g/mol. The smallest absolute Gasteiger partial charge is 0.310 e. The third-order valence-corrected chi connectivity index (χ3v) is 8.64. The molecule has 3 heterocycles. The molecule has 2 amide bonds. The molecule has 1 N–H and O–H groups in total. The number of anilines is 1. The minimum atomic E-state index is -10.2. The lowest BCUT2D eigenvalue weighted by atomic mass is 9.88. The summed E-state index contributed by atoms with van der Waals surface area (Å²) in [4.78, 5) is 30.7. The van der Waals surface area contributed by atoms with Crippen molar-refractivity contribution in [2.45, 2.75) is 60.7 Å². The maximum absolute atomic E-state index is 14.3. The molecule has 42 heavy (non-hydrogen) atoms. The number of aromatic nitrogens is 1. The summed E-state index contributed by atoms with van der Waals surface area (Å²) in [6, 6.07) is -2.67. The SMILES string of the molecule is N#CN1CCO[C@H]2c3cc(S(F)(F)(F)(F)F)ccc3N(C(C(=O)NC3CCC(F)(F)CC3)c3cncc(F)c3)C(=O)[C@@H]21. The van der Waals surface area contributed by atoms with Crippen LogP contribution in [-0.4, -0.2) is 52.9 Å². The zero-order chi connectivity index (χ0) is 30.7. The Balaban J connectivity index is 1.66. The number of pyridine rings is 1. The average molecular weight is 626 g/mol. The van der Waals surface area contributed by atoms with E-state index in [0.717, 1.165) is 23.4 Å². The van der Waals surface area contributed by atoms with E-state index in [4.69, 9.17) is 4.74 Å². The van der Waals surface area contributed by atoms with Crippen molar-refractivity contribution in [2.24, 2.45) is 0 Å². The maximum atomic E-state index is 14.3. The van der Waals surface area contributed by atoms with E-state index in [0.29, 0.717) is 11.0 Å². The molecule has 3 aliphatic rings. The van der Waals surface area contributed by atoms with Crippen LogP contribution in [0.15, 0.2) is 41.6 Å². The second kappa shape index (κ2) is 9.43. The third kappa shape index (κ3) is 5.69. The predicted molar refractivity (Wildman–Crippen MR) is 132 cm³/mol. The van der Waals surface area contributed by atoms with Gasteiger partial charge in [0.05, 0.1) is 25.0 Å². The average Bonchev–Trinajstić information content (AvgIpc) is 2.90. The van der Waals surface area contributed by atoms with Crippen LogP contribution in [0.4, 0.5) is 38.3 Å². The van der Waals surface area contributed by atoms with Crippen LogP contribution < -0.4 is 10.2 Å². The molecule has 2 aromatic rings. The van der Waals surface area contributed by atoms with Crippen molar-refractivity contribution in [1.82, 2.24) is 15.2 Å². The van der Waals surface area contributed by atoms with E-state index < -0.39 is 87.0 Å². The van der Waals surface area contributed by atoms with Gasteiger partial charge in [-0.2, -0.15) is 5.26 Å². The van der Waals surface area contributed by atoms with Crippen molar-refractivity contribution in [2.75, 3.05) is 18.1 Å². The Bertz CT molecular complexity index is 1480. The maximum Gasteiger partial charge on any atom is 0.310 e. The Hall–Kier alpha value is -3.65. The van der Waals surface area contributed by atoms with Gasteiger partial charge in [-0.25, -0.2) is 13.2 Å². The second-order valence-electron chi connectivity index (χ2n) is 10.4. The molecule has 0 spiro atoms. The van der Waals surface area contributed by atoms with Crippen molar-refractivity contribution in [1.29, 1.82) is 5.26 Å². The lowest BCUT2D eigenvalue weighted by molar-refractivity contribution is -0.139. The fourth-order valence-electron chi connectivity index (χ4n) is 5.51. The number of nitrogens with zero attached hydrogens (tertiary/aromatic N) is 4. The number of carbonyl (C=O) groups is 2. The largest absolute Gasteiger partial charge is 0.369 e. The molecule has 2 fully saturated rings. The molecule has 1 unspecified atom stereocenters. The number of benzene rings is 1. The Morgan fingerprint density at radius 2 is 1.83 bits per heavy atom. The molecule has 5 rings (SSSR count). The molecule has 0 bridgehead atoms. The van der Waals surface area contributed by atoms with Crippen LogP contribution in [0.2, 0.25) is 0 Å². The first-order valence-electron chi connectivity index (χ1n) is 12.7. The van der Waals surface area contributed by atoms with Crippen LogP contribution in [0.3, 0.4) is 0 Å². The molecular formula is C25H23F8N5O3S. The van der Waals surface area contributed by atoms with Crippen LogP contribution in [0.25, 0.3) is 0 Å². The van der Waals surface area contributed by atoms with E-state index in [9.17, 15) is 47.5 Å². The van der Waals surface area contributed by atoms with Gasteiger partial charge >= 0.3 is 10.2 Å². The number of nitrogens with one attached hydrogen (secondary N) is 1. The van der Waals surface area contributed by atoms with Crippen LogP contribution >= 0.6 is 10.2 Å². The Labute approximate surface area is 233 Å². The number of hydrogen-bond donors (Lipinski definition) is 1. The van der Waals surface area contributed by atoms with Crippen LogP contribution in [-0.2, 0) is 14.3 Å². The van der Waals surface area contributed by atoms with Crippen molar-refractivity contribution in [3.63, 3.8) is 0 Å². The van der Waals surface area contributed by atoms with Gasteiger partial charge in [-0.15, -0.1) is 0 Å². The first-order valence-corrected chi connectivity index (χ1v) is 14.6. The molecule has 1 saturated carbocycles. The van der Waals surface area contributed by atoms with Gasteiger partial charge in [0.1, 0.15) is 28.9 Å². The standard InChI is InChI=1S/C25H23F8N5O3S/c26-15-9-14(11-35-12-15)20(23(39)36-16-3-5-25(27,28)6-4-16)38-19-2-1-17(42(29,30,31,32)33)10-18(19)22-21(24(38)40)37(13-34)7-8-41-22/h1-2,9-12,16,20-22H,3-8H2,(H,36,39)/t20?,21-,22+/m1/s1. The number of ether oxygens (including phenoxy) is 1. The van der Waals surface area contributed by atoms with Crippen molar-refractivity contribution < 1.29 is 46.9 Å². The Kier molecular flexibility index (Phi) is 6.70. The van der Waals surface area contributed by atoms with E-state index in [1.165, 1.54) is 0 Å². The fourth-order valence-corrected chi connectivity index (χ4v) is 6.19. The summed E-state index contributed by atoms with van der Waals surface area (Å²) in [7, 11) is -10.2. The van der Waals surface area contributed by atoms with Gasteiger partial charge in [0.25, 0.3) is 5.91 Å². The normalized spacial score (nSPS) is 24.9. The van der Waals surface area contributed by atoms with Crippen LogP contribution in [0.5, 0.6) is 0 Å². The lowest BCUT2D eigenvalue weighted by Crippen LogP contribution is -2.60.